The third-order valence-electron chi connectivity index (χ3n) is 8.09. The number of piperazine rings is 1. The second-order valence-corrected chi connectivity index (χ2v) is 11.6. The van der Waals surface area contributed by atoms with Crippen LogP contribution in [0.15, 0.2) is 60.4 Å². The van der Waals surface area contributed by atoms with Gasteiger partial charge in [-0.3, -0.25) is 9.69 Å². The van der Waals surface area contributed by atoms with Gasteiger partial charge in [0.15, 0.2) is 5.82 Å². The summed E-state index contributed by atoms with van der Waals surface area (Å²) in [5.41, 5.74) is 7.86. The standard InChI is InChI=1S/C34H51N9O5/c1-2-12-37-33(45)30-26-38-34(41-32(30)40-31(35)11-19-44)39-28-7-9-29(10-8-28)43-16-14-42(15-17-43)18-21-47-23-25-48-24-22-46-20-13-36-27-5-3-4-6-27/h2,7-11,19,26-27,36,44H,1,3-6,12-18,20-25H2,(H,37,45)(H3,35,38,39,40,41)/b19-11-. The van der Waals surface area contributed by atoms with Crippen LogP contribution in [0.4, 0.5) is 23.1 Å². The lowest BCUT2D eigenvalue weighted by molar-refractivity contribution is 0.0107. The summed E-state index contributed by atoms with van der Waals surface area (Å²) in [5, 5.41) is 18.4. The first-order valence-corrected chi connectivity index (χ1v) is 16.8. The average Bonchev–Trinajstić information content (AvgIpc) is 3.62. The Hall–Kier alpha value is -4.08. The molecule has 1 aromatic carbocycles. The molecule has 1 amide bonds. The normalized spacial score (nSPS) is 16.1. The van der Waals surface area contributed by atoms with Crippen molar-refractivity contribution in [2.24, 2.45) is 10.7 Å². The van der Waals surface area contributed by atoms with Gasteiger partial charge in [0.2, 0.25) is 5.95 Å². The highest BCUT2D eigenvalue weighted by Crippen LogP contribution is 2.23. The minimum atomic E-state index is -0.419. The number of anilines is 3. The van der Waals surface area contributed by atoms with Crippen molar-refractivity contribution in [1.82, 2.24) is 25.5 Å². The highest BCUT2D eigenvalue weighted by Gasteiger charge is 2.18. The van der Waals surface area contributed by atoms with E-state index in [0.717, 1.165) is 63.5 Å². The van der Waals surface area contributed by atoms with E-state index in [1.165, 1.54) is 38.0 Å². The molecule has 0 bridgehead atoms. The van der Waals surface area contributed by atoms with Crippen LogP contribution in [0.5, 0.6) is 0 Å². The van der Waals surface area contributed by atoms with Crippen LogP contribution in [-0.2, 0) is 14.2 Å². The van der Waals surface area contributed by atoms with E-state index < -0.39 is 5.91 Å². The van der Waals surface area contributed by atoms with Gasteiger partial charge in [-0.15, -0.1) is 6.58 Å². The number of amidine groups is 1. The van der Waals surface area contributed by atoms with Crippen LogP contribution in [0.2, 0.25) is 0 Å². The summed E-state index contributed by atoms with van der Waals surface area (Å²) in [7, 11) is 0. The van der Waals surface area contributed by atoms with E-state index in [1.807, 2.05) is 12.1 Å². The Morgan fingerprint density at radius 1 is 1.02 bits per heavy atom. The van der Waals surface area contributed by atoms with Crippen molar-refractivity contribution in [2.45, 2.75) is 31.7 Å². The fraction of sp³-hybridized carbons (Fsp3) is 0.529. The number of carbonyl (C=O) groups excluding carboxylic acids is 1. The Kier molecular flexibility index (Phi) is 16.1. The number of amides is 1. The number of hydrogen-bond acceptors (Lipinski definition) is 12. The monoisotopic (exact) mass is 665 g/mol. The van der Waals surface area contributed by atoms with Crippen LogP contribution in [0.1, 0.15) is 36.0 Å². The average molecular weight is 666 g/mol. The van der Waals surface area contributed by atoms with Gasteiger partial charge < -0.3 is 45.9 Å². The molecule has 1 saturated carbocycles. The first-order valence-electron chi connectivity index (χ1n) is 16.8. The van der Waals surface area contributed by atoms with Gasteiger partial charge in [-0.25, -0.2) is 9.98 Å². The lowest BCUT2D eigenvalue weighted by Crippen LogP contribution is -2.47. The van der Waals surface area contributed by atoms with Gasteiger partial charge in [-0.1, -0.05) is 18.9 Å². The van der Waals surface area contributed by atoms with E-state index in [4.69, 9.17) is 25.1 Å². The first kappa shape index (κ1) is 36.8. The molecule has 14 nitrogen and oxygen atoms in total. The lowest BCUT2D eigenvalue weighted by Gasteiger charge is -2.36. The molecular weight excluding hydrogens is 614 g/mol. The fourth-order valence-electron chi connectivity index (χ4n) is 5.49. The zero-order valence-corrected chi connectivity index (χ0v) is 27.8. The Morgan fingerprint density at radius 2 is 1.71 bits per heavy atom. The summed E-state index contributed by atoms with van der Waals surface area (Å²) < 4.78 is 17.0. The highest BCUT2D eigenvalue weighted by atomic mass is 16.5. The van der Waals surface area contributed by atoms with Gasteiger partial charge in [0, 0.05) is 75.5 Å². The van der Waals surface area contributed by atoms with Crippen molar-refractivity contribution in [3.63, 3.8) is 0 Å². The quantitative estimate of drug-likeness (QED) is 0.0435. The SMILES string of the molecule is C=CCNC(=O)c1cnc(Nc2ccc(N3CCN(CCOCCOCCOCCNC4CCCC4)CC3)cc2)nc1N=C(N)/C=C\O. The number of nitrogens with one attached hydrogen (secondary N) is 3. The number of aromatic nitrogens is 2. The third kappa shape index (κ3) is 12.8. The summed E-state index contributed by atoms with van der Waals surface area (Å²) in [6.07, 6.45) is 10.2. The maximum absolute atomic E-state index is 12.5. The largest absolute Gasteiger partial charge is 0.515 e. The molecular formula is C34H51N9O5. The van der Waals surface area contributed by atoms with E-state index in [9.17, 15) is 4.79 Å². The number of rotatable bonds is 21. The zero-order chi connectivity index (χ0) is 33.8. The van der Waals surface area contributed by atoms with E-state index in [1.54, 1.807) is 6.08 Å². The van der Waals surface area contributed by atoms with Gasteiger partial charge in [0.25, 0.3) is 5.91 Å². The second kappa shape index (κ2) is 21.0. The van der Waals surface area contributed by atoms with Gasteiger partial charge >= 0.3 is 0 Å². The van der Waals surface area contributed by atoms with Crippen LogP contribution >= 0.6 is 0 Å². The smallest absolute Gasteiger partial charge is 0.256 e. The number of hydrogen-bond donors (Lipinski definition) is 5. The van der Waals surface area contributed by atoms with E-state index in [0.29, 0.717) is 39.1 Å². The zero-order valence-electron chi connectivity index (χ0n) is 27.8. The molecule has 2 aromatic rings. The van der Waals surface area contributed by atoms with Crippen LogP contribution in [0.25, 0.3) is 0 Å². The molecule has 1 aliphatic carbocycles. The third-order valence-corrected chi connectivity index (χ3v) is 8.09. The molecule has 0 atom stereocenters. The Bertz CT molecular complexity index is 1310. The predicted octanol–water partition coefficient (Wildman–Crippen LogP) is 2.90. The predicted molar refractivity (Wildman–Crippen MR) is 189 cm³/mol. The minimum Gasteiger partial charge on any atom is -0.515 e. The number of ether oxygens (including phenoxy) is 3. The first-order chi connectivity index (χ1) is 23.6. The maximum atomic E-state index is 12.5. The van der Waals surface area contributed by atoms with Crippen LogP contribution in [0.3, 0.4) is 0 Å². The molecule has 2 aliphatic rings. The molecule has 1 aromatic heterocycles. The lowest BCUT2D eigenvalue weighted by atomic mass is 10.2. The highest BCUT2D eigenvalue weighted by molar-refractivity contribution is 6.00. The minimum absolute atomic E-state index is 0.0171. The van der Waals surface area contributed by atoms with Crippen molar-refractivity contribution < 1.29 is 24.1 Å². The van der Waals surface area contributed by atoms with E-state index in [2.05, 4.69) is 59.4 Å². The van der Waals surface area contributed by atoms with Gasteiger partial charge in [-0.05, 0) is 37.1 Å². The molecule has 1 saturated heterocycles. The summed E-state index contributed by atoms with van der Waals surface area (Å²) in [6, 6.07) is 8.71. The Balaban J connectivity index is 1.11. The van der Waals surface area contributed by atoms with Gasteiger partial charge in [0.05, 0.1) is 45.9 Å². The van der Waals surface area contributed by atoms with E-state index in [-0.39, 0.29) is 29.7 Å². The fourth-order valence-corrected chi connectivity index (χ4v) is 5.49. The van der Waals surface area contributed by atoms with Crippen molar-refractivity contribution in [3.05, 3.63) is 61.0 Å². The van der Waals surface area contributed by atoms with Gasteiger partial charge in [-0.2, -0.15) is 4.98 Å². The maximum Gasteiger partial charge on any atom is 0.256 e. The molecule has 0 spiro atoms. The number of benzene rings is 1. The molecule has 2 heterocycles. The van der Waals surface area contributed by atoms with Crippen LogP contribution < -0.4 is 26.6 Å². The number of nitrogens with zero attached hydrogens (tertiary/aromatic N) is 5. The molecule has 6 N–H and O–H groups in total. The number of aliphatic hydroxyl groups is 1. The van der Waals surface area contributed by atoms with Crippen LogP contribution in [-0.4, -0.2) is 123 Å². The molecule has 262 valence electrons. The Labute approximate surface area is 283 Å². The van der Waals surface area contributed by atoms with Crippen LogP contribution in [0, 0.1) is 0 Å². The van der Waals surface area contributed by atoms with E-state index >= 15 is 0 Å². The topological polar surface area (TPSA) is 172 Å². The number of aliphatic imine (C=N–C) groups is 1. The summed E-state index contributed by atoms with van der Waals surface area (Å²) in [4.78, 5) is 30.2. The second-order valence-electron chi connectivity index (χ2n) is 11.6. The number of carbonyl (C=O) groups is 1. The van der Waals surface area contributed by atoms with Gasteiger partial charge in [0.1, 0.15) is 11.4 Å². The van der Waals surface area contributed by atoms with Crippen molar-refractivity contribution in [1.29, 1.82) is 0 Å². The Morgan fingerprint density at radius 3 is 2.40 bits per heavy atom. The molecule has 4 rings (SSSR count). The molecule has 48 heavy (non-hydrogen) atoms. The van der Waals surface area contributed by atoms with Crippen molar-refractivity contribution >= 4 is 34.9 Å². The number of nitrogens with two attached hydrogens (primary N) is 1. The molecule has 0 radical (unpaired) electrons. The summed E-state index contributed by atoms with van der Waals surface area (Å²) in [5.74, 6) is -0.123. The number of aliphatic hydroxyl groups excluding tert-OH is 1. The molecule has 1 aliphatic heterocycles. The summed E-state index contributed by atoms with van der Waals surface area (Å²) in [6.45, 7) is 13.3. The van der Waals surface area contributed by atoms with Crippen molar-refractivity contribution in [3.8, 4) is 0 Å². The molecule has 14 heteroatoms. The molecule has 2 fully saturated rings. The molecule has 0 unspecified atom stereocenters. The summed E-state index contributed by atoms with van der Waals surface area (Å²) >= 11 is 0. The van der Waals surface area contributed by atoms with Crippen molar-refractivity contribution in [2.75, 3.05) is 95.7 Å².